The lowest BCUT2D eigenvalue weighted by Crippen LogP contribution is -2.16. The molecule has 0 spiro atoms. The Bertz CT molecular complexity index is 392. The van der Waals surface area contributed by atoms with Crippen LogP contribution in [0.5, 0.6) is 0 Å². The van der Waals surface area contributed by atoms with E-state index in [9.17, 15) is 10.2 Å². The van der Waals surface area contributed by atoms with Crippen LogP contribution < -0.4 is 5.32 Å². The Morgan fingerprint density at radius 3 is 0.846 bits per heavy atom. The third kappa shape index (κ3) is 34.0. The zero-order valence-electron chi connectivity index (χ0n) is 27.2. The van der Waals surface area contributed by atoms with Gasteiger partial charge in [0.15, 0.2) is 0 Å². The molecular weight excluding hydrogens is 478 g/mol. The Kier molecular flexibility index (Phi) is 34.0. The van der Waals surface area contributed by atoms with E-state index < -0.39 is 0 Å². The molecular formula is C36H75NO2. The van der Waals surface area contributed by atoms with Crippen molar-refractivity contribution in [3.63, 3.8) is 0 Å². The first kappa shape index (κ1) is 38.9. The van der Waals surface area contributed by atoms with Crippen LogP contribution in [0.1, 0.15) is 206 Å². The maximum absolute atomic E-state index is 10.0. The van der Waals surface area contributed by atoms with Gasteiger partial charge in [0.2, 0.25) is 0 Å². The molecule has 2 atom stereocenters. The van der Waals surface area contributed by atoms with Gasteiger partial charge < -0.3 is 15.5 Å². The van der Waals surface area contributed by atoms with Crippen molar-refractivity contribution >= 4 is 0 Å². The highest BCUT2D eigenvalue weighted by Crippen LogP contribution is 2.15. The molecule has 0 bridgehead atoms. The van der Waals surface area contributed by atoms with Gasteiger partial charge in [0, 0.05) is 0 Å². The molecule has 0 heterocycles. The number of aliphatic hydroxyl groups is 2. The number of hydrogen-bond acceptors (Lipinski definition) is 3. The van der Waals surface area contributed by atoms with Gasteiger partial charge in [0.1, 0.15) is 0 Å². The van der Waals surface area contributed by atoms with Crippen LogP contribution in [-0.4, -0.2) is 35.5 Å². The van der Waals surface area contributed by atoms with Crippen molar-refractivity contribution in [3.05, 3.63) is 0 Å². The van der Waals surface area contributed by atoms with Crippen LogP contribution in [0.2, 0.25) is 0 Å². The quantitative estimate of drug-likeness (QED) is 0.0694. The van der Waals surface area contributed by atoms with Gasteiger partial charge in [-0.05, 0) is 51.6 Å². The summed E-state index contributed by atoms with van der Waals surface area (Å²) in [7, 11) is 0. The number of nitrogens with one attached hydrogen (secondary N) is 1. The second-order valence-electron chi connectivity index (χ2n) is 12.7. The lowest BCUT2D eigenvalue weighted by molar-refractivity contribution is 0.147. The first-order valence-electron chi connectivity index (χ1n) is 18.3. The summed E-state index contributed by atoms with van der Waals surface area (Å²) in [5.41, 5.74) is 0. The number of unbranched alkanes of at least 4 members (excludes halogenated alkanes) is 22. The number of aliphatic hydroxyl groups excluding tert-OH is 2. The van der Waals surface area contributed by atoms with Crippen LogP contribution in [-0.2, 0) is 0 Å². The predicted molar refractivity (Wildman–Crippen MR) is 175 cm³/mol. The van der Waals surface area contributed by atoms with Crippen LogP contribution in [0, 0.1) is 0 Å². The fourth-order valence-corrected chi connectivity index (χ4v) is 5.76. The van der Waals surface area contributed by atoms with Crippen molar-refractivity contribution in [2.45, 2.75) is 219 Å². The van der Waals surface area contributed by atoms with E-state index in [0.29, 0.717) is 0 Å². The summed E-state index contributed by atoms with van der Waals surface area (Å²) in [6.07, 6.45) is 38.5. The van der Waals surface area contributed by atoms with Gasteiger partial charge in [-0.3, -0.25) is 0 Å². The highest BCUT2D eigenvalue weighted by molar-refractivity contribution is 4.59. The largest absolute Gasteiger partial charge is 0.393 e. The van der Waals surface area contributed by atoms with Gasteiger partial charge in [-0.2, -0.15) is 0 Å². The molecule has 0 radical (unpaired) electrons. The smallest absolute Gasteiger partial charge is 0.0540 e. The van der Waals surface area contributed by atoms with Crippen molar-refractivity contribution in [3.8, 4) is 0 Å². The Balaban J connectivity index is 3.12. The topological polar surface area (TPSA) is 52.5 Å². The third-order valence-corrected chi connectivity index (χ3v) is 8.56. The van der Waals surface area contributed by atoms with Crippen LogP contribution in [0.3, 0.4) is 0 Å². The van der Waals surface area contributed by atoms with Gasteiger partial charge in [0.25, 0.3) is 0 Å². The maximum Gasteiger partial charge on any atom is 0.0540 e. The van der Waals surface area contributed by atoms with Gasteiger partial charge in [-0.25, -0.2) is 0 Å². The summed E-state index contributed by atoms with van der Waals surface area (Å²) in [5, 5.41) is 23.7. The van der Waals surface area contributed by atoms with Crippen molar-refractivity contribution in [2.24, 2.45) is 0 Å². The SMILES string of the molecule is CCCCCCC(O)CCCCCCCCCCCNCCCCCCCCCCCC(O)CCCCCC. The fourth-order valence-electron chi connectivity index (χ4n) is 5.76. The summed E-state index contributed by atoms with van der Waals surface area (Å²) in [4.78, 5) is 0. The standard InChI is InChI=1S/C36H75NO2/c1-3-5-7-23-29-35(38)31-25-19-15-11-9-13-17-21-27-33-37-34-28-22-18-14-10-12-16-20-26-32-36(39)30-24-8-6-4-2/h35-39H,3-34H2,1-2H3. The van der Waals surface area contributed by atoms with E-state index in [1.165, 1.54) is 180 Å². The molecule has 0 saturated heterocycles. The average molecular weight is 554 g/mol. The average Bonchev–Trinajstić information content (AvgIpc) is 2.94. The summed E-state index contributed by atoms with van der Waals surface area (Å²) in [6, 6.07) is 0. The van der Waals surface area contributed by atoms with Gasteiger partial charge in [-0.1, -0.05) is 168 Å². The molecule has 0 rings (SSSR count). The second-order valence-corrected chi connectivity index (χ2v) is 12.7. The Morgan fingerprint density at radius 1 is 0.333 bits per heavy atom. The molecule has 0 aromatic rings. The molecule has 3 heteroatoms. The highest BCUT2D eigenvalue weighted by atomic mass is 16.3. The van der Waals surface area contributed by atoms with Crippen molar-refractivity contribution in [1.29, 1.82) is 0 Å². The number of hydrogen-bond donors (Lipinski definition) is 3. The molecule has 3 nitrogen and oxygen atoms in total. The lowest BCUT2D eigenvalue weighted by atomic mass is 10.0. The van der Waals surface area contributed by atoms with Crippen molar-refractivity contribution in [1.82, 2.24) is 5.32 Å². The van der Waals surface area contributed by atoms with Crippen LogP contribution in [0.4, 0.5) is 0 Å². The highest BCUT2D eigenvalue weighted by Gasteiger charge is 2.04. The van der Waals surface area contributed by atoms with E-state index >= 15 is 0 Å². The van der Waals surface area contributed by atoms with Gasteiger partial charge in [-0.15, -0.1) is 0 Å². The molecule has 2 unspecified atom stereocenters. The van der Waals surface area contributed by atoms with Crippen LogP contribution in [0.25, 0.3) is 0 Å². The van der Waals surface area contributed by atoms with E-state index in [1.807, 2.05) is 0 Å². The molecule has 0 amide bonds. The zero-order chi connectivity index (χ0) is 28.5. The zero-order valence-corrected chi connectivity index (χ0v) is 27.2. The summed E-state index contributed by atoms with van der Waals surface area (Å²) in [5.74, 6) is 0. The van der Waals surface area contributed by atoms with Crippen molar-refractivity contribution in [2.75, 3.05) is 13.1 Å². The van der Waals surface area contributed by atoms with E-state index in [2.05, 4.69) is 19.2 Å². The molecule has 0 saturated carbocycles. The molecule has 0 aromatic heterocycles. The van der Waals surface area contributed by atoms with Crippen LogP contribution >= 0.6 is 0 Å². The lowest BCUT2D eigenvalue weighted by Gasteiger charge is -2.10. The summed E-state index contributed by atoms with van der Waals surface area (Å²) in [6.45, 7) is 6.89. The molecule has 3 N–H and O–H groups in total. The van der Waals surface area contributed by atoms with Crippen LogP contribution in [0.15, 0.2) is 0 Å². The minimum Gasteiger partial charge on any atom is -0.393 e. The monoisotopic (exact) mass is 554 g/mol. The Labute approximate surface area is 247 Å². The van der Waals surface area contributed by atoms with E-state index in [-0.39, 0.29) is 12.2 Å². The predicted octanol–water partition coefficient (Wildman–Crippen LogP) is 11.0. The van der Waals surface area contributed by atoms with E-state index in [1.54, 1.807) is 0 Å². The van der Waals surface area contributed by atoms with Gasteiger partial charge in [0.05, 0.1) is 12.2 Å². The summed E-state index contributed by atoms with van der Waals surface area (Å²) < 4.78 is 0. The molecule has 0 fully saturated rings. The van der Waals surface area contributed by atoms with E-state index in [0.717, 1.165) is 25.7 Å². The molecule has 0 aliphatic carbocycles. The fraction of sp³-hybridized carbons (Fsp3) is 1.00. The normalized spacial score (nSPS) is 13.2. The minimum atomic E-state index is -0.0441. The molecule has 0 aliphatic rings. The molecule has 0 aromatic carbocycles. The Morgan fingerprint density at radius 2 is 0.564 bits per heavy atom. The van der Waals surface area contributed by atoms with Crippen molar-refractivity contribution < 1.29 is 10.2 Å². The van der Waals surface area contributed by atoms with Gasteiger partial charge >= 0.3 is 0 Å². The molecule has 0 aliphatic heterocycles. The second kappa shape index (κ2) is 34.1. The Hall–Kier alpha value is -0.120. The first-order chi connectivity index (χ1) is 19.2. The first-order valence-corrected chi connectivity index (χ1v) is 18.3. The molecule has 39 heavy (non-hydrogen) atoms. The van der Waals surface area contributed by atoms with E-state index in [4.69, 9.17) is 0 Å². The minimum absolute atomic E-state index is 0.0441. The third-order valence-electron chi connectivity index (χ3n) is 8.56. The maximum atomic E-state index is 10.0. The number of rotatable bonds is 34. The molecule has 236 valence electrons. The summed E-state index contributed by atoms with van der Waals surface area (Å²) >= 11 is 0.